The summed E-state index contributed by atoms with van der Waals surface area (Å²) in [5, 5.41) is 3.12. The number of nitrogens with two attached hydrogens (primary N) is 1. The fourth-order valence-corrected chi connectivity index (χ4v) is 2.95. The topological polar surface area (TPSA) is 78.7 Å². The van der Waals surface area contributed by atoms with Crippen molar-refractivity contribution in [3.05, 3.63) is 0 Å². The molecule has 114 valence electrons. The molecule has 1 saturated heterocycles. The molecule has 1 saturated carbocycles. The average Bonchev–Trinajstić information content (AvgIpc) is 2.48. The predicted octanol–water partition coefficient (Wildman–Crippen LogP) is 0.522. The molecule has 2 aliphatic rings. The van der Waals surface area contributed by atoms with E-state index in [1.165, 1.54) is 19.3 Å². The molecule has 0 aromatic carbocycles. The first kappa shape index (κ1) is 15.1. The summed E-state index contributed by atoms with van der Waals surface area (Å²) in [6.45, 7) is 2.87. The maximum atomic E-state index is 12.2. The van der Waals surface area contributed by atoms with E-state index < -0.39 is 0 Å². The maximum Gasteiger partial charge on any atom is 0.317 e. The standard InChI is InChI=1S/C14H26N4O2/c15-7-6-13(19)17-8-10-18(11-9-17)14(20)16-12-4-2-1-3-5-12/h12H,1-11,15H2,(H,16,20). The predicted molar refractivity (Wildman–Crippen MR) is 77.2 cm³/mol. The lowest BCUT2D eigenvalue weighted by molar-refractivity contribution is -0.132. The quantitative estimate of drug-likeness (QED) is 0.792. The Hall–Kier alpha value is -1.30. The molecule has 0 unspecified atom stereocenters. The van der Waals surface area contributed by atoms with Crippen molar-refractivity contribution in [1.82, 2.24) is 15.1 Å². The van der Waals surface area contributed by atoms with Crippen LogP contribution in [0.25, 0.3) is 0 Å². The van der Waals surface area contributed by atoms with Crippen molar-refractivity contribution in [3.8, 4) is 0 Å². The molecule has 0 spiro atoms. The molecular weight excluding hydrogens is 256 g/mol. The summed E-state index contributed by atoms with van der Waals surface area (Å²) in [7, 11) is 0. The molecule has 0 atom stereocenters. The van der Waals surface area contributed by atoms with Crippen molar-refractivity contribution >= 4 is 11.9 Å². The van der Waals surface area contributed by atoms with Crippen LogP contribution in [0.15, 0.2) is 0 Å². The number of carbonyl (C=O) groups is 2. The molecule has 6 heteroatoms. The summed E-state index contributed by atoms with van der Waals surface area (Å²) in [5.41, 5.74) is 5.39. The molecule has 1 aliphatic carbocycles. The number of rotatable bonds is 3. The van der Waals surface area contributed by atoms with E-state index in [1.807, 2.05) is 4.90 Å². The second-order valence-electron chi connectivity index (χ2n) is 5.69. The molecule has 1 heterocycles. The molecule has 2 fully saturated rings. The zero-order chi connectivity index (χ0) is 14.4. The van der Waals surface area contributed by atoms with E-state index in [2.05, 4.69) is 5.32 Å². The molecule has 0 aromatic heterocycles. The minimum atomic E-state index is 0.0304. The molecule has 1 aliphatic heterocycles. The second-order valence-corrected chi connectivity index (χ2v) is 5.69. The number of nitrogens with zero attached hydrogens (tertiary/aromatic N) is 2. The van der Waals surface area contributed by atoms with Crippen LogP contribution in [0.3, 0.4) is 0 Å². The van der Waals surface area contributed by atoms with Crippen LogP contribution >= 0.6 is 0 Å². The van der Waals surface area contributed by atoms with Gasteiger partial charge in [-0.1, -0.05) is 19.3 Å². The molecular formula is C14H26N4O2. The normalized spacial score (nSPS) is 20.9. The highest BCUT2D eigenvalue weighted by Crippen LogP contribution is 2.17. The van der Waals surface area contributed by atoms with Gasteiger partial charge < -0.3 is 20.9 Å². The summed E-state index contributed by atoms with van der Waals surface area (Å²) < 4.78 is 0. The van der Waals surface area contributed by atoms with E-state index in [4.69, 9.17) is 5.73 Å². The molecule has 3 N–H and O–H groups in total. The van der Waals surface area contributed by atoms with Gasteiger partial charge in [0.05, 0.1) is 0 Å². The fourth-order valence-electron chi connectivity index (χ4n) is 2.95. The number of hydrogen-bond acceptors (Lipinski definition) is 3. The van der Waals surface area contributed by atoms with Gasteiger partial charge in [-0.15, -0.1) is 0 Å². The highest BCUT2D eigenvalue weighted by atomic mass is 16.2. The zero-order valence-electron chi connectivity index (χ0n) is 12.1. The van der Waals surface area contributed by atoms with Gasteiger partial charge in [0.15, 0.2) is 0 Å². The Morgan fingerprint density at radius 3 is 2.20 bits per heavy atom. The van der Waals surface area contributed by atoms with Crippen LogP contribution in [0.4, 0.5) is 4.79 Å². The Morgan fingerprint density at radius 2 is 1.60 bits per heavy atom. The Bertz CT molecular complexity index is 334. The molecule has 0 aromatic rings. The second kappa shape index (κ2) is 7.47. The van der Waals surface area contributed by atoms with Gasteiger partial charge in [0.1, 0.15) is 0 Å². The SMILES string of the molecule is NCCC(=O)N1CCN(C(=O)NC2CCCCC2)CC1. The van der Waals surface area contributed by atoms with E-state index >= 15 is 0 Å². The number of carbonyl (C=O) groups excluding carboxylic acids is 2. The number of hydrogen-bond donors (Lipinski definition) is 2. The van der Waals surface area contributed by atoms with E-state index in [0.717, 1.165) is 12.8 Å². The Kier molecular flexibility index (Phi) is 5.64. The lowest BCUT2D eigenvalue weighted by atomic mass is 9.96. The number of piperazine rings is 1. The molecule has 6 nitrogen and oxygen atoms in total. The fraction of sp³-hybridized carbons (Fsp3) is 0.857. The van der Waals surface area contributed by atoms with Crippen LogP contribution in [0.5, 0.6) is 0 Å². The van der Waals surface area contributed by atoms with Crippen molar-refractivity contribution < 1.29 is 9.59 Å². The summed E-state index contributed by atoms with van der Waals surface area (Å²) in [4.78, 5) is 27.5. The van der Waals surface area contributed by atoms with Gasteiger partial charge in [0, 0.05) is 45.2 Å². The Morgan fingerprint density at radius 1 is 1.00 bits per heavy atom. The van der Waals surface area contributed by atoms with Gasteiger partial charge >= 0.3 is 6.03 Å². The Balaban J connectivity index is 1.72. The smallest absolute Gasteiger partial charge is 0.317 e. The summed E-state index contributed by atoms with van der Waals surface area (Å²) >= 11 is 0. The van der Waals surface area contributed by atoms with Gasteiger partial charge in [-0.05, 0) is 12.8 Å². The summed E-state index contributed by atoms with van der Waals surface area (Å²) in [6, 6.07) is 0.371. The molecule has 0 bridgehead atoms. The first-order chi connectivity index (χ1) is 9.70. The van der Waals surface area contributed by atoms with Crippen molar-refractivity contribution in [2.45, 2.75) is 44.6 Å². The van der Waals surface area contributed by atoms with Gasteiger partial charge in [0.25, 0.3) is 0 Å². The zero-order valence-corrected chi connectivity index (χ0v) is 12.1. The van der Waals surface area contributed by atoms with Crippen molar-refractivity contribution in [2.75, 3.05) is 32.7 Å². The van der Waals surface area contributed by atoms with Crippen LogP contribution in [-0.4, -0.2) is 60.5 Å². The number of amides is 3. The average molecular weight is 282 g/mol. The van der Waals surface area contributed by atoms with Crippen LogP contribution < -0.4 is 11.1 Å². The monoisotopic (exact) mass is 282 g/mol. The van der Waals surface area contributed by atoms with E-state index in [9.17, 15) is 9.59 Å². The third-order valence-corrected chi connectivity index (χ3v) is 4.21. The third kappa shape index (κ3) is 4.10. The third-order valence-electron chi connectivity index (χ3n) is 4.21. The van der Waals surface area contributed by atoms with Crippen LogP contribution in [0.2, 0.25) is 0 Å². The lowest BCUT2D eigenvalue weighted by Gasteiger charge is -2.36. The van der Waals surface area contributed by atoms with E-state index in [0.29, 0.717) is 45.2 Å². The van der Waals surface area contributed by atoms with Crippen molar-refractivity contribution in [1.29, 1.82) is 0 Å². The first-order valence-electron chi connectivity index (χ1n) is 7.74. The first-order valence-corrected chi connectivity index (χ1v) is 7.74. The van der Waals surface area contributed by atoms with Gasteiger partial charge in [-0.25, -0.2) is 4.79 Å². The van der Waals surface area contributed by atoms with Crippen LogP contribution in [0, 0.1) is 0 Å². The van der Waals surface area contributed by atoms with Crippen LogP contribution in [-0.2, 0) is 4.79 Å². The highest BCUT2D eigenvalue weighted by Gasteiger charge is 2.25. The molecule has 2 rings (SSSR count). The summed E-state index contributed by atoms with van der Waals surface area (Å²) in [5.74, 6) is 0.0971. The maximum absolute atomic E-state index is 12.2. The van der Waals surface area contributed by atoms with Gasteiger partial charge in [0.2, 0.25) is 5.91 Å². The number of urea groups is 1. The minimum Gasteiger partial charge on any atom is -0.339 e. The molecule has 0 radical (unpaired) electrons. The van der Waals surface area contributed by atoms with E-state index in [1.54, 1.807) is 4.90 Å². The lowest BCUT2D eigenvalue weighted by Crippen LogP contribution is -2.54. The van der Waals surface area contributed by atoms with Gasteiger partial charge in [-0.3, -0.25) is 4.79 Å². The molecule has 20 heavy (non-hydrogen) atoms. The highest BCUT2D eigenvalue weighted by molar-refractivity contribution is 5.78. The van der Waals surface area contributed by atoms with Crippen molar-refractivity contribution in [3.63, 3.8) is 0 Å². The molecule has 3 amide bonds. The Labute approximate surface area is 120 Å². The van der Waals surface area contributed by atoms with E-state index in [-0.39, 0.29) is 11.9 Å². The summed E-state index contributed by atoms with van der Waals surface area (Å²) in [6.07, 6.45) is 6.31. The van der Waals surface area contributed by atoms with Crippen molar-refractivity contribution in [2.24, 2.45) is 5.73 Å². The van der Waals surface area contributed by atoms with Gasteiger partial charge in [-0.2, -0.15) is 0 Å². The largest absolute Gasteiger partial charge is 0.339 e. The number of nitrogens with one attached hydrogen (secondary N) is 1. The minimum absolute atomic E-state index is 0.0304. The van der Waals surface area contributed by atoms with Crippen LogP contribution in [0.1, 0.15) is 38.5 Å².